The first-order valence-corrected chi connectivity index (χ1v) is 25.0. The Labute approximate surface area is 356 Å². The van der Waals surface area contributed by atoms with Crippen molar-refractivity contribution in [1.82, 2.24) is 9.80 Å². The van der Waals surface area contributed by atoms with E-state index in [4.69, 9.17) is 19.9 Å². The molecule has 0 aliphatic rings. The first kappa shape index (κ1) is 55.6. The number of aliphatic imine (C=N–C) groups is 1. The maximum atomic E-state index is 12.1. The normalized spacial score (nSPS) is 12.0. The highest BCUT2D eigenvalue weighted by Gasteiger charge is 2.10. The molecule has 0 unspecified atom stereocenters. The molecular weight excluding hydrogens is 709 g/mol. The minimum absolute atomic E-state index is 0.0102. The summed E-state index contributed by atoms with van der Waals surface area (Å²) in [6.45, 7) is 12.9. The van der Waals surface area contributed by atoms with Crippen molar-refractivity contribution in [3.63, 3.8) is 0 Å². The fraction of sp³-hybridized carbons (Fsp3) is 0.959. The number of hydrogen-bond acceptors (Lipinski definition) is 6. The van der Waals surface area contributed by atoms with E-state index < -0.39 is 0 Å². The van der Waals surface area contributed by atoms with Crippen LogP contribution < -0.4 is 5.73 Å². The average molecular weight is 809 g/mol. The summed E-state index contributed by atoms with van der Waals surface area (Å²) >= 11 is 0. The second kappa shape index (κ2) is 45.7. The molecule has 2 N–H and O–H groups in total. The Bertz CT molecular complexity index is 826. The smallest absolute Gasteiger partial charge is 0.305 e. The summed E-state index contributed by atoms with van der Waals surface area (Å²) in [6.07, 6.45) is 42.5. The topological polar surface area (TPSA) is 89.6 Å². The van der Waals surface area contributed by atoms with Crippen LogP contribution in [0, 0.1) is 0 Å². The number of carbonyl (C=O) groups is 1. The summed E-state index contributed by atoms with van der Waals surface area (Å²) < 4.78 is 17.7. The molecule has 8 heteroatoms. The Balaban J connectivity index is 4.19. The molecule has 0 saturated heterocycles. The average Bonchev–Trinajstić information content (AvgIpc) is 3.20. The van der Waals surface area contributed by atoms with Crippen LogP contribution >= 0.6 is 0 Å². The quantitative estimate of drug-likeness (QED) is 0.0215. The van der Waals surface area contributed by atoms with Crippen molar-refractivity contribution in [2.75, 3.05) is 60.3 Å². The lowest BCUT2D eigenvalue weighted by Crippen LogP contribution is -2.31. The Morgan fingerprint density at radius 2 is 0.947 bits per heavy atom. The van der Waals surface area contributed by atoms with Crippen molar-refractivity contribution in [3.05, 3.63) is 0 Å². The fourth-order valence-corrected chi connectivity index (χ4v) is 7.48. The Morgan fingerprint density at radius 3 is 1.46 bits per heavy atom. The number of rotatable bonds is 46. The molecule has 0 amide bonds. The number of esters is 1. The van der Waals surface area contributed by atoms with Gasteiger partial charge in [-0.3, -0.25) is 9.79 Å². The minimum Gasteiger partial charge on any atom is -0.466 e. The number of nitrogens with zero attached hydrogens (tertiary/aromatic N) is 3. The Hall–Kier alpha value is -1.38. The van der Waals surface area contributed by atoms with Crippen LogP contribution in [0.4, 0.5) is 0 Å². The number of ether oxygens (including phenoxy) is 3. The summed E-state index contributed by atoms with van der Waals surface area (Å²) in [5, 5.41) is 0. The highest BCUT2D eigenvalue weighted by molar-refractivity contribution is 5.77. The number of guanidine groups is 1. The van der Waals surface area contributed by atoms with E-state index in [1.807, 2.05) is 19.0 Å². The molecule has 0 atom stereocenters. The van der Waals surface area contributed by atoms with Crippen LogP contribution in [0.3, 0.4) is 0 Å². The van der Waals surface area contributed by atoms with Crippen LogP contribution in [0.25, 0.3) is 0 Å². The van der Waals surface area contributed by atoms with Crippen molar-refractivity contribution in [1.29, 1.82) is 0 Å². The first-order valence-electron chi connectivity index (χ1n) is 25.0. The van der Waals surface area contributed by atoms with Gasteiger partial charge in [0, 0.05) is 33.7 Å². The van der Waals surface area contributed by atoms with E-state index in [0.29, 0.717) is 31.9 Å². The summed E-state index contributed by atoms with van der Waals surface area (Å²) in [4.78, 5) is 21.2. The van der Waals surface area contributed by atoms with Gasteiger partial charge in [0.05, 0.1) is 12.7 Å². The molecule has 0 spiro atoms. The van der Waals surface area contributed by atoms with Crippen LogP contribution in [-0.2, 0) is 19.0 Å². The van der Waals surface area contributed by atoms with E-state index in [0.717, 1.165) is 64.9 Å². The van der Waals surface area contributed by atoms with E-state index in [9.17, 15) is 4.79 Å². The van der Waals surface area contributed by atoms with Crippen molar-refractivity contribution in [3.8, 4) is 0 Å². The van der Waals surface area contributed by atoms with E-state index in [2.05, 4.69) is 30.7 Å². The number of carbonyl (C=O) groups excluding carboxylic acids is 1. The highest BCUT2D eigenvalue weighted by Crippen LogP contribution is 2.17. The van der Waals surface area contributed by atoms with Crippen molar-refractivity contribution in [2.24, 2.45) is 10.7 Å². The molecule has 0 aromatic heterocycles. The molecule has 340 valence electrons. The first-order chi connectivity index (χ1) is 27.9. The van der Waals surface area contributed by atoms with Gasteiger partial charge in [-0.15, -0.1) is 0 Å². The molecule has 8 nitrogen and oxygen atoms in total. The van der Waals surface area contributed by atoms with Crippen molar-refractivity contribution < 1.29 is 19.0 Å². The lowest BCUT2D eigenvalue weighted by atomic mass is 10.0. The van der Waals surface area contributed by atoms with Gasteiger partial charge >= 0.3 is 5.97 Å². The summed E-state index contributed by atoms with van der Waals surface area (Å²) in [5.41, 5.74) is 6.01. The molecule has 0 heterocycles. The minimum atomic E-state index is -0.0102. The summed E-state index contributed by atoms with van der Waals surface area (Å²) in [5.74, 6) is 0.599. The molecule has 0 aromatic carbocycles. The standard InChI is InChI=1S/C49H100N4O4/c1-6-9-12-15-19-28-35-45-56-48(54)39-31-24-21-26-33-42-53(43-36-40-51-49(50)52(4)5)41-32-25-18-20-27-34-44-55-46-57-47(37-29-22-16-13-10-7-2)38-30-23-17-14-11-8-3/h47H,6-46H2,1-5H3,(H2,50,51). The zero-order valence-electron chi connectivity index (χ0n) is 39.1. The van der Waals surface area contributed by atoms with E-state index in [1.54, 1.807) is 0 Å². The zero-order valence-corrected chi connectivity index (χ0v) is 39.1. The van der Waals surface area contributed by atoms with Crippen molar-refractivity contribution >= 4 is 11.9 Å². The van der Waals surface area contributed by atoms with Crippen LogP contribution in [0.5, 0.6) is 0 Å². The van der Waals surface area contributed by atoms with Crippen LogP contribution in [0.1, 0.15) is 239 Å². The van der Waals surface area contributed by atoms with E-state index in [1.165, 1.54) is 180 Å². The predicted octanol–water partition coefficient (Wildman–Crippen LogP) is 13.4. The van der Waals surface area contributed by atoms with Gasteiger partial charge in [-0.1, -0.05) is 181 Å². The largest absolute Gasteiger partial charge is 0.466 e. The van der Waals surface area contributed by atoms with Gasteiger partial charge in [0.15, 0.2) is 5.96 Å². The van der Waals surface area contributed by atoms with Gasteiger partial charge in [0.1, 0.15) is 6.79 Å². The van der Waals surface area contributed by atoms with Crippen molar-refractivity contribution in [2.45, 2.75) is 245 Å². The molecule has 0 saturated carbocycles. The number of hydrogen-bond donors (Lipinski definition) is 1. The third-order valence-electron chi connectivity index (χ3n) is 11.4. The molecule has 0 aliphatic carbocycles. The predicted molar refractivity (Wildman–Crippen MR) is 247 cm³/mol. The van der Waals surface area contributed by atoms with Crippen LogP contribution in [-0.4, -0.2) is 88.1 Å². The summed E-state index contributed by atoms with van der Waals surface area (Å²) in [7, 11) is 3.89. The van der Waals surface area contributed by atoms with Gasteiger partial charge in [-0.25, -0.2) is 0 Å². The van der Waals surface area contributed by atoms with Crippen LogP contribution in [0.2, 0.25) is 0 Å². The molecular formula is C49H100N4O4. The second-order valence-corrected chi connectivity index (χ2v) is 17.2. The lowest BCUT2D eigenvalue weighted by molar-refractivity contribution is -0.143. The molecule has 0 rings (SSSR count). The third kappa shape index (κ3) is 42.5. The lowest BCUT2D eigenvalue weighted by Gasteiger charge is -2.22. The summed E-state index contributed by atoms with van der Waals surface area (Å²) in [6, 6.07) is 0. The maximum Gasteiger partial charge on any atom is 0.305 e. The SMILES string of the molecule is CCCCCCCCCOC(=O)CCCCCCCN(CCCCCCCCOCOC(CCCCCCCC)CCCCCCCC)CCCN=C(N)N(C)C. The zero-order chi connectivity index (χ0) is 41.7. The Morgan fingerprint density at radius 1 is 0.526 bits per heavy atom. The highest BCUT2D eigenvalue weighted by atomic mass is 16.7. The monoisotopic (exact) mass is 809 g/mol. The Kier molecular flexibility index (Phi) is 44.6. The molecule has 0 radical (unpaired) electrons. The molecule has 0 aromatic rings. The molecule has 57 heavy (non-hydrogen) atoms. The van der Waals surface area contributed by atoms with Gasteiger partial charge in [-0.05, 0) is 71.0 Å². The number of nitrogens with two attached hydrogens (primary N) is 1. The third-order valence-corrected chi connectivity index (χ3v) is 11.4. The molecule has 0 fully saturated rings. The second-order valence-electron chi connectivity index (χ2n) is 17.2. The van der Waals surface area contributed by atoms with Crippen LogP contribution in [0.15, 0.2) is 4.99 Å². The maximum absolute atomic E-state index is 12.1. The van der Waals surface area contributed by atoms with E-state index in [-0.39, 0.29) is 5.97 Å². The van der Waals surface area contributed by atoms with Gasteiger partial charge in [0.2, 0.25) is 0 Å². The fourth-order valence-electron chi connectivity index (χ4n) is 7.48. The van der Waals surface area contributed by atoms with Gasteiger partial charge < -0.3 is 29.7 Å². The van der Waals surface area contributed by atoms with E-state index >= 15 is 0 Å². The molecule has 0 bridgehead atoms. The van der Waals surface area contributed by atoms with Gasteiger partial charge in [-0.2, -0.15) is 0 Å². The molecule has 0 aliphatic heterocycles. The number of unbranched alkanes of at least 4 members (excludes halogenated alkanes) is 25. The van der Waals surface area contributed by atoms with Gasteiger partial charge in [0.25, 0.3) is 0 Å².